The fourth-order valence-corrected chi connectivity index (χ4v) is 2.17. The van der Waals surface area contributed by atoms with E-state index >= 15 is 0 Å². The van der Waals surface area contributed by atoms with Gasteiger partial charge in [-0.15, -0.1) is 0 Å². The van der Waals surface area contributed by atoms with Crippen LogP contribution in [-0.4, -0.2) is 23.2 Å². The van der Waals surface area contributed by atoms with E-state index in [0.717, 1.165) is 31.4 Å². The molecular formula is C14H19NO3. The molecule has 0 radical (unpaired) electrons. The number of aliphatic hydroxyl groups excluding tert-OH is 1. The molecule has 0 unspecified atom stereocenters. The number of carbonyl (C=O) groups is 1. The zero-order valence-electron chi connectivity index (χ0n) is 10.6. The van der Waals surface area contributed by atoms with Crippen molar-refractivity contribution in [2.45, 2.75) is 44.8 Å². The molecule has 1 aromatic rings. The van der Waals surface area contributed by atoms with Crippen LogP contribution in [0.25, 0.3) is 6.08 Å². The average molecular weight is 249 g/mol. The topological polar surface area (TPSA) is 62.5 Å². The Labute approximate surface area is 107 Å². The number of aryl methyl sites for hydroxylation is 1. The van der Waals surface area contributed by atoms with Crippen molar-refractivity contribution in [1.29, 1.82) is 0 Å². The molecule has 0 aromatic carbocycles. The van der Waals surface area contributed by atoms with E-state index in [1.807, 2.05) is 19.1 Å². The van der Waals surface area contributed by atoms with Crippen LogP contribution < -0.4 is 5.32 Å². The molecule has 1 amide bonds. The number of nitrogens with one attached hydrogen (secondary N) is 1. The highest BCUT2D eigenvalue weighted by atomic mass is 16.3. The normalized spacial score (nSPS) is 24.3. The molecular weight excluding hydrogens is 230 g/mol. The number of furan rings is 1. The standard InChI is InChI=1S/C14H19NO3/c1-10-2-7-13(18-10)8-9-14(17)15-11-3-5-12(16)6-4-11/h2,7-9,11-12,16H,3-6H2,1H3,(H,15,17). The van der Waals surface area contributed by atoms with E-state index in [4.69, 9.17) is 4.42 Å². The lowest BCUT2D eigenvalue weighted by atomic mass is 9.93. The minimum absolute atomic E-state index is 0.106. The Morgan fingerprint density at radius 3 is 2.72 bits per heavy atom. The zero-order valence-corrected chi connectivity index (χ0v) is 10.6. The second-order valence-electron chi connectivity index (χ2n) is 4.80. The first-order valence-electron chi connectivity index (χ1n) is 6.36. The van der Waals surface area contributed by atoms with Gasteiger partial charge in [0.15, 0.2) is 0 Å². The molecule has 2 N–H and O–H groups in total. The van der Waals surface area contributed by atoms with Crippen molar-refractivity contribution in [3.05, 3.63) is 29.7 Å². The quantitative estimate of drug-likeness (QED) is 0.806. The molecule has 4 heteroatoms. The van der Waals surface area contributed by atoms with Gasteiger partial charge in [0, 0.05) is 12.1 Å². The molecule has 18 heavy (non-hydrogen) atoms. The van der Waals surface area contributed by atoms with E-state index in [0.29, 0.717) is 5.76 Å². The first kappa shape index (κ1) is 12.9. The zero-order chi connectivity index (χ0) is 13.0. The molecule has 0 aliphatic heterocycles. The molecule has 1 aliphatic rings. The molecule has 1 aliphatic carbocycles. The summed E-state index contributed by atoms with van der Waals surface area (Å²) in [5, 5.41) is 12.3. The maximum atomic E-state index is 11.7. The van der Waals surface area contributed by atoms with E-state index in [1.54, 1.807) is 6.08 Å². The monoisotopic (exact) mass is 249 g/mol. The predicted octanol–water partition coefficient (Wildman–Crippen LogP) is 2.02. The van der Waals surface area contributed by atoms with E-state index in [1.165, 1.54) is 6.08 Å². The van der Waals surface area contributed by atoms with Crippen molar-refractivity contribution >= 4 is 12.0 Å². The second kappa shape index (κ2) is 5.87. The Balaban J connectivity index is 1.80. The van der Waals surface area contributed by atoms with Gasteiger partial charge in [-0.05, 0) is 50.8 Å². The molecule has 0 bridgehead atoms. The smallest absolute Gasteiger partial charge is 0.244 e. The Hall–Kier alpha value is -1.55. The number of aliphatic hydroxyl groups is 1. The third-order valence-electron chi connectivity index (χ3n) is 3.20. The predicted molar refractivity (Wildman–Crippen MR) is 68.9 cm³/mol. The van der Waals surface area contributed by atoms with Crippen molar-refractivity contribution < 1.29 is 14.3 Å². The summed E-state index contributed by atoms with van der Waals surface area (Å²) in [7, 11) is 0. The summed E-state index contributed by atoms with van der Waals surface area (Å²) in [4.78, 5) is 11.7. The maximum Gasteiger partial charge on any atom is 0.244 e. The number of amides is 1. The van der Waals surface area contributed by atoms with Crippen molar-refractivity contribution in [2.24, 2.45) is 0 Å². The summed E-state index contributed by atoms with van der Waals surface area (Å²) >= 11 is 0. The number of rotatable bonds is 3. The largest absolute Gasteiger partial charge is 0.462 e. The number of carbonyl (C=O) groups excluding carboxylic acids is 1. The van der Waals surface area contributed by atoms with Gasteiger partial charge in [-0.2, -0.15) is 0 Å². The minimum atomic E-state index is -0.195. The lowest BCUT2D eigenvalue weighted by molar-refractivity contribution is -0.117. The number of hydrogen-bond acceptors (Lipinski definition) is 3. The summed E-state index contributed by atoms with van der Waals surface area (Å²) in [6, 6.07) is 3.87. The first-order valence-corrected chi connectivity index (χ1v) is 6.36. The van der Waals surface area contributed by atoms with E-state index in [-0.39, 0.29) is 18.1 Å². The van der Waals surface area contributed by atoms with E-state index in [2.05, 4.69) is 5.32 Å². The Kier molecular flexibility index (Phi) is 4.20. The molecule has 0 spiro atoms. The highest BCUT2D eigenvalue weighted by Gasteiger charge is 2.19. The molecule has 4 nitrogen and oxygen atoms in total. The third kappa shape index (κ3) is 3.74. The molecule has 0 saturated heterocycles. The van der Waals surface area contributed by atoms with Gasteiger partial charge in [-0.1, -0.05) is 0 Å². The fraction of sp³-hybridized carbons (Fsp3) is 0.500. The molecule has 1 saturated carbocycles. The van der Waals surface area contributed by atoms with Crippen LogP contribution in [0.4, 0.5) is 0 Å². The van der Waals surface area contributed by atoms with Crippen LogP contribution in [0.3, 0.4) is 0 Å². The molecule has 1 aromatic heterocycles. The Morgan fingerprint density at radius 2 is 2.11 bits per heavy atom. The fourth-order valence-electron chi connectivity index (χ4n) is 2.17. The van der Waals surface area contributed by atoms with Crippen LogP contribution in [0.2, 0.25) is 0 Å². The summed E-state index contributed by atoms with van der Waals surface area (Å²) < 4.78 is 5.34. The Morgan fingerprint density at radius 1 is 1.39 bits per heavy atom. The van der Waals surface area contributed by atoms with Gasteiger partial charge < -0.3 is 14.8 Å². The van der Waals surface area contributed by atoms with E-state index in [9.17, 15) is 9.90 Å². The highest BCUT2D eigenvalue weighted by molar-refractivity contribution is 5.91. The van der Waals surface area contributed by atoms with Gasteiger partial charge in [0.1, 0.15) is 11.5 Å². The summed E-state index contributed by atoms with van der Waals surface area (Å²) in [5.41, 5.74) is 0. The second-order valence-corrected chi connectivity index (χ2v) is 4.80. The van der Waals surface area contributed by atoms with Gasteiger partial charge in [-0.3, -0.25) is 4.79 Å². The van der Waals surface area contributed by atoms with Crippen molar-refractivity contribution in [2.75, 3.05) is 0 Å². The van der Waals surface area contributed by atoms with Gasteiger partial charge in [-0.25, -0.2) is 0 Å². The molecule has 98 valence electrons. The molecule has 1 fully saturated rings. The van der Waals surface area contributed by atoms with Crippen LogP contribution in [0.1, 0.15) is 37.2 Å². The lowest BCUT2D eigenvalue weighted by Crippen LogP contribution is -2.37. The minimum Gasteiger partial charge on any atom is -0.462 e. The average Bonchev–Trinajstić information content (AvgIpc) is 2.76. The first-order chi connectivity index (χ1) is 8.63. The van der Waals surface area contributed by atoms with Crippen LogP contribution >= 0.6 is 0 Å². The van der Waals surface area contributed by atoms with Crippen molar-refractivity contribution in [1.82, 2.24) is 5.32 Å². The van der Waals surface area contributed by atoms with Crippen molar-refractivity contribution in [3.63, 3.8) is 0 Å². The highest BCUT2D eigenvalue weighted by Crippen LogP contribution is 2.18. The summed E-state index contributed by atoms with van der Waals surface area (Å²) in [6.07, 6.45) is 6.20. The summed E-state index contributed by atoms with van der Waals surface area (Å²) in [5.74, 6) is 1.41. The molecule has 1 heterocycles. The SMILES string of the molecule is Cc1ccc(C=CC(=O)NC2CCC(O)CC2)o1. The van der Waals surface area contributed by atoms with Gasteiger partial charge in [0.2, 0.25) is 5.91 Å². The van der Waals surface area contributed by atoms with Crippen LogP contribution in [-0.2, 0) is 4.79 Å². The number of hydrogen-bond donors (Lipinski definition) is 2. The van der Waals surface area contributed by atoms with Crippen molar-refractivity contribution in [3.8, 4) is 0 Å². The summed E-state index contributed by atoms with van der Waals surface area (Å²) in [6.45, 7) is 1.87. The maximum absolute atomic E-state index is 11.7. The van der Waals surface area contributed by atoms with Gasteiger partial charge >= 0.3 is 0 Å². The Bertz CT molecular complexity index is 428. The van der Waals surface area contributed by atoms with E-state index < -0.39 is 0 Å². The van der Waals surface area contributed by atoms with Crippen LogP contribution in [0.15, 0.2) is 22.6 Å². The molecule has 2 rings (SSSR count). The third-order valence-corrected chi connectivity index (χ3v) is 3.20. The van der Waals surface area contributed by atoms with Crippen LogP contribution in [0.5, 0.6) is 0 Å². The van der Waals surface area contributed by atoms with Crippen LogP contribution in [0, 0.1) is 6.92 Å². The lowest BCUT2D eigenvalue weighted by Gasteiger charge is -2.25. The van der Waals surface area contributed by atoms with Gasteiger partial charge in [0.05, 0.1) is 6.10 Å². The molecule has 0 atom stereocenters. The van der Waals surface area contributed by atoms with Gasteiger partial charge in [0.25, 0.3) is 0 Å².